The van der Waals surface area contributed by atoms with Crippen molar-refractivity contribution >= 4 is 27.4 Å². The van der Waals surface area contributed by atoms with E-state index >= 15 is 0 Å². The average molecular weight is 443 g/mol. The van der Waals surface area contributed by atoms with Gasteiger partial charge in [-0.15, -0.1) is 0 Å². The standard InChI is InChI=1S/C23H30N4O3S/c1-16-12-19(4)21(13-17(16)2)25-7-9-26(10-8-25)23(28)20-15-24-22(14-18(20)3)27-6-5-11-31(27,29)30/h12-15H,5-11H2,1-4H3. The molecule has 0 unspecified atom stereocenters. The maximum Gasteiger partial charge on any atom is 0.255 e. The fourth-order valence-corrected chi connectivity index (χ4v) is 5.91. The van der Waals surface area contributed by atoms with Crippen LogP contribution in [-0.4, -0.2) is 62.7 Å². The molecule has 0 atom stereocenters. The highest BCUT2D eigenvalue weighted by Gasteiger charge is 2.30. The Morgan fingerprint density at radius 2 is 1.55 bits per heavy atom. The van der Waals surface area contributed by atoms with E-state index in [4.69, 9.17) is 0 Å². The summed E-state index contributed by atoms with van der Waals surface area (Å²) < 4.78 is 25.7. The average Bonchev–Trinajstić information content (AvgIpc) is 3.09. The van der Waals surface area contributed by atoms with Crippen molar-refractivity contribution in [1.29, 1.82) is 0 Å². The number of hydrogen-bond donors (Lipinski definition) is 0. The fourth-order valence-electron chi connectivity index (χ4n) is 4.41. The largest absolute Gasteiger partial charge is 0.368 e. The molecule has 0 radical (unpaired) electrons. The van der Waals surface area contributed by atoms with E-state index in [1.54, 1.807) is 6.07 Å². The summed E-state index contributed by atoms with van der Waals surface area (Å²) in [5.41, 5.74) is 6.37. The molecule has 4 rings (SSSR count). The van der Waals surface area contributed by atoms with Gasteiger partial charge in [-0.25, -0.2) is 13.4 Å². The number of benzene rings is 1. The molecule has 1 aromatic carbocycles. The normalized spacial score (nSPS) is 18.5. The Morgan fingerprint density at radius 3 is 2.16 bits per heavy atom. The molecule has 0 saturated carbocycles. The summed E-state index contributed by atoms with van der Waals surface area (Å²) in [6.45, 7) is 11.5. The first-order valence-electron chi connectivity index (χ1n) is 10.8. The number of rotatable bonds is 3. The van der Waals surface area contributed by atoms with E-state index in [-0.39, 0.29) is 11.7 Å². The molecule has 2 aliphatic heterocycles. The van der Waals surface area contributed by atoms with Crippen LogP contribution in [0.4, 0.5) is 11.5 Å². The number of aryl methyl sites for hydroxylation is 4. The number of nitrogens with zero attached hydrogens (tertiary/aromatic N) is 4. The molecule has 8 heteroatoms. The molecule has 2 aliphatic rings. The van der Waals surface area contributed by atoms with Gasteiger partial charge >= 0.3 is 0 Å². The Bertz CT molecular complexity index is 1120. The molecule has 2 saturated heterocycles. The SMILES string of the molecule is Cc1cc(C)c(N2CCN(C(=O)c3cnc(N4CCCS4(=O)=O)cc3C)CC2)cc1C. The predicted molar refractivity (Wildman–Crippen MR) is 123 cm³/mol. The van der Waals surface area contributed by atoms with Crippen LogP contribution in [0.5, 0.6) is 0 Å². The third kappa shape index (κ3) is 4.13. The summed E-state index contributed by atoms with van der Waals surface area (Å²) in [5.74, 6) is 0.512. The second-order valence-electron chi connectivity index (χ2n) is 8.60. The van der Waals surface area contributed by atoms with Crippen LogP contribution in [0.3, 0.4) is 0 Å². The van der Waals surface area contributed by atoms with Crippen molar-refractivity contribution < 1.29 is 13.2 Å². The van der Waals surface area contributed by atoms with Gasteiger partial charge < -0.3 is 9.80 Å². The topological polar surface area (TPSA) is 73.8 Å². The van der Waals surface area contributed by atoms with Gasteiger partial charge in [0, 0.05) is 44.6 Å². The summed E-state index contributed by atoms with van der Waals surface area (Å²) in [5, 5.41) is 0. The molecule has 31 heavy (non-hydrogen) atoms. The van der Waals surface area contributed by atoms with E-state index in [1.165, 1.54) is 32.9 Å². The summed E-state index contributed by atoms with van der Waals surface area (Å²) in [6, 6.07) is 6.17. The smallest absolute Gasteiger partial charge is 0.255 e. The molecular weight excluding hydrogens is 412 g/mol. The first-order valence-corrected chi connectivity index (χ1v) is 12.4. The van der Waals surface area contributed by atoms with Crippen molar-refractivity contribution in [3.63, 3.8) is 0 Å². The highest BCUT2D eigenvalue weighted by atomic mass is 32.2. The number of carbonyl (C=O) groups is 1. The molecule has 1 amide bonds. The second-order valence-corrected chi connectivity index (χ2v) is 10.6. The van der Waals surface area contributed by atoms with Gasteiger partial charge in [-0.3, -0.25) is 9.10 Å². The lowest BCUT2D eigenvalue weighted by Crippen LogP contribution is -2.49. The number of hydrogen-bond acceptors (Lipinski definition) is 5. The molecule has 7 nitrogen and oxygen atoms in total. The zero-order chi connectivity index (χ0) is 22.3. The molecule has 2 aromatic rings. The zero-order valence-corrected chi connectivity index (χ0v) is 19.5. The molecule has 3 heterocycles. The van der Waals surface area contributed by atoms with Crippen molar-refractivity contribution in [2.24, 2.45) is 0 Å². The molecule has 2 fully saturated rings. The van der Waals surface area contributed by atoms with Crippen molar-refractivity contribution in [3.8, 4) is 0 Å². The van der Waals surface area contributed by atoms with Gasteiger partial charge in [0.05, 0.1) is 11.3 Å². The number of amides is 1. The van der Waals surface area contributed by atoms with E-state index < -0.39 is 10.0 Å². The third-order valence-corrected chi connectivity index (χ3v) is 8.25. The minimum atomic E-state index is -3.28. The number of piperazine rings is 1. The third-order valence-electron chi connectivity index (χ3n) is 6.40. The quantitative estimate of drug-likeness (QED) is 0.731. The van der Waals surface area contributed by atoms with Crippen LogP contribution >= 0.6 is 0 Å². The Hall–Kier alpha value is -2.61. The van der Waals surface area contributed by atoms with Crippen LogP contribution in [0.15, 0.2) is 24.4 Å². The number of carbonyl (C=O) groups excluding carboxylic acids is 1. The van der Waals surface area contributed by atoms with Gasteiger partial charge in [0.25, 0.3) is 5.91 Å². The summed E-state index contributed by atoms with van der Waals surface area (Å²) >= 11 is 0. The van der Waals surface area contributed by atoms with Crippen LogP contribution in [-0.2, 0) is 10.0 Å². The predicted octanol–water partition coefficient (Wildman–Crippen LogP) is 2.82. The van der Waals surface area contributed by atoms with Gasteiger partial charge in [0.1, 0.15) is 5.82 Å². The highest BCUT2D eigenvalue weighted by Crippen LogP contribution is 2.27. The summed E-state index contributed by atoms with van der Waals surface area (Å²) in [6.07, 6.45) is 2.13. The van der Waals surface area contributed by atoms with Crippen LogP contribution in [0.1, 0.15) is 39.0 Å². The van der Waals surface area contributed by atoms with E-state index in [0.717, 1.165) is 18.7 Å². The summed E-state index contributed by atoms with van der Waals surface area (Å²) in [7, 11) is -3.28. The van der Waals surface area contributed by atoms with E-state index in [0.29, 0.717) is 37.4 Å². The first-order chi connectivity index (χ1) is 14.7. The molecule has 0 aliphatic carbocycles. The van der Waals surface area contributed by atoms with E-state index in [9.17, 15) is 13.2 Å². The monoisotopic (exact) mass is 442 g/mol. The number of pyridine rings is 1. The molecule has 1 aromatic heterocycles. The second kappa shape index (κ2) is 8.15. The van der Waals surface area contributed by atoms with Crippen LogP contribution in [0.25, 0.3) is 0 Å². The lowest BCUT2D eigenvalue weighted by Gasteiger charge is -2.37. The van der Waals surface area contributed by atoms with Gasteiger partial charge in [0.15, 0.2) is 0 Å². The van der Waals surface area contributed by atoms with Crippen molar-refractivity contribution in [2.75, 3.05) is 47.7 Å². The van der Waals surface area contributed by atoms with Crippen molar-refractivity contribution in [1.82, 2.24) is 9.88 Å². The Morgan fingerprint density at radius 1 is 0.871 bits per heavy atom. The lowest BCUT2D eigenvalue weighted by atomic mass is 10.0. The Balaban J connectivity index is 1.46. The minimum absolute atomic E-state index is 0.0442. The number of sulfonamides is 1. The number of aromatic nitrogens is 1. The Kier molecular flexibility index (Phi) is 5.68. The number of anilines is 2. The fraction of sp³-hybridized carbons (Fsp3) is 0.478. The van der Waals surface area contributed by atoms with Crippen molar-refractivity contribution in [3.05, 3.63) is 52.2 Å². The Labute approximate surface area is 184 Å². The molecule has 0 bridgehead atoms. The van der Waals surface area contributed by atoms with Crippen LogP contribution in [0, 0.1) is 27.7 Å². The molecule has 166 valence electrons. The van der Waals surface area contributed by atoms with Crippen LogP contribution < -0.4 is 9.21 Å². The zero-order valence-electron chi connectivity index (χ0n) is 18.7. The summed E-state index contributed by atoms with van der Waals surface area (Å²) in [4.78, 5) is 21.6. The molecule has 0 N–H and O–H groups in total. The molecule has 0 spiro atoms. The van der Waals surface area contributed by atoms with Crippen LogP contribution in [0.2, 0.25) is 0 Å². The minimum Gasteiger partial charge on any atom is -0.368 e. The maximum atomic E-state index is 13.1. The van der Waals surface area contributed by atoms with E-state index in [2.05, 4.69) is 42.8 Å². The van der Waals surface area contributed by atoms with Gasteiger partial charge in [-0.2, -0.15) is 0 Å². The molecular formula is C23H30N4O3S. The van der Waals surface area contributed by atoms with Crippen molar-refractivity contribution in [2.45, 2.75) is 34.1 Å². The lowest BCUT2D eigenvalue weighted by molar-refractivity contribution is 0.0745. The van der Waals surface area contributed by atoms with Gasteiger partial charge in [-0.05, 0) is 68.5 Å². The maximum absolute atomic E-state index is 13.1. The first kappa shape index (κ1) is 21.6. The van der Waals surface area contributed by atoms with Gasteiger partial charge in [-0.1, -0.05) is 6.07 Å². The van der Waals surface area contributed by atoms with E-state index in [1.807, 2.05) is 11.8 Å². The van der Waals surface area contributed by atoms with Gasteiger partial charge in [0.2, 0.25) is 10.0 Å². The highest BCUT2D eigenvalue weighted by molar-refractivity contribution is 7.93.